The van der Waals surface area contributed by atoms with Crippen LogP contribution in [0.2, 0.25) is 0 Å². The van der Waals surface area contributed by atoms with Gasteiger partial charge in [-0.05, 0) is 18.9 Å². The molecule has 0 saturated heterocycles. The van der Waals surface area contributed by atoms with Crippen LogP contribution in [0.15, 0.2) is 42.0 Å². The molecule has 0 aliphatic rings. The highest BCUT2D eigenvalue weighted by Gasteiger charge is 2.07. The molecule has 2 aromatic heterocycles. The molecule has 2 heterocycles. The largest absolute Gasteiger partial charge is 0.355 e. The fourth-order valence-electron chi connectivity index (χ4n) is 2.30. The predicted molar refractivity (Wildman–Crippen MR) is 84.7 cm³/mol. The number of imidazole rings is 1. The molecule has 0 radical (unpaired) electrons. The normalized spacial score (nSPS) is 10.9. The highest BCUT2D eigenvalue weighted by Crippen LogP contribution is 2.11. The summed E-state index contributed by atoms with van der Waals surface area (Å²) in [7, 11) is 0. The van der Waals surface area contributed by atoms with Gasteiger partial charge in [-0.1, -0.05) is 29.8 Å². The highest BCUT2D eigenvalue weighted by atomic mass is 32.1. The summed E-state index contributed by atoms with van der Waals surface area (Å²) in [6.07, 6.45) is 5.05. The van der Waals surface area contributed by atoms with E-state index in [9.17, 15) is 4.79 Å². The summed E-state index contributed by atoms with van der Waals surface area (Å²) >= 11 is 1.57. The van der Waals surface area contributed by atoms with Crippen molar-refractivity contribution in [3.63, 3.8) is 0 Å². The van der Waals surface area contributed by atoms with Gasteiger partial charge in [0.1, 0.15) is 0 Å². The minimum Gasteiger partial charge on any atom is -0.355 e. The van der Waals surface area contributed by atoms with E-state index in [1.54, 1.807) is 11.3 Å². The van der Waals surface area contributed by atoms with Crippen molar-refractivity contribution < 1.29 is 4.79 Å². The molecule has 0 aliphatic carbocycles. The first-order valence-electron chi connectivity index (χ1n) is 6.94. The quantitative estimate of drug-likeness (QED) is 0.787. The summed E-state index contributed by atoms with van der Waals surface area (Å²) in [5.74, 6) is 0.0217. The SMILES string of the molecule is Cc1cccc(CCNC(=O)Cc2cn3ccsc3n2)c1. The molecule has 1 amide bonds. The van der Waals surface area contributed by atoms with Crippen molar-refractivity contribution in [3.05, 3.63) is 58.9 Å². The van der Waals surface area contributed by atoms with Crippen molar-refractivity contribution in [3.8, 4) is 0 Å². The van der Waals surface area contributed by atoms with Crippen molar-refractivity contribution in [1.82, 2.24) is 14.7 Å². The Labute approximate surface area is 127 Å². The third kappa shape index (κ3) is 3.49. The molecule has 3 rings (SSSR count). The number of hydrogen-bond donors (Lipinski definition) is 1. The summed E-state index contributed by atoms with van der Waals surface area (Å²) < 4.78 is 1.94. The van der Waals surface area contributed by atoms with Gasteiger partial charge in [-0.25, -0.2) is 4.98 Å². The van der Waals surface area contributed by atoms with E-state index in [0.717, 1.165) is 17.1 Å². The first kappa shape index (κ1) is 13.8. The summed E-state index contributed by atoms with van der Waals surface area (Å²) in [6, 6.07) is 8.36. The molecule has 5 heteroatoms. The van der Waals surface area contributed by atoms with Gasteiger partial charge in [0, 0.05) is 24.3 Å². The lowest BCUT2D eigenvalue weighted by atomic mass is 10.1. The van der Waals surface area contributed by atoms with Crippen LogP contribution in [0.3, 0.4) is 0 Å². The average molecular weight is 299 g/mol. The first-order chi connectivity index (χ1) is 10.2. The lowest BCUT2D eigenvalue weighted by Crippen LogP contribution is -2.27. The molecule has 21 heavy (non-hydrogen) atoms. The molecule has 1 aromatic carbocycles. The molecule has 0 fully saturated rings. The van der Waals surface area contributed by atoms with E-state index >= 15 is 0 Å². The lowest BCUT2D eigenvalue weighted by molar-refractivity contribution is -0.120. The van der Waals surface area contributed by atoms with Crippen molar-refractivity contribution >= 4 is 22.2 Å². The lowest BCUT2D eigenvalue weighted by Gasteiger charge is -2.05. The highest BCUT2D eigenvalue weighted by molar-refractivity contribution is 7.15. The minimum atomic E-state index is 0.0217. The zero-order chi connectivity index (χ0) is 14.7. The summed E-state index contributed by atoms with van der Waals surface area (Å²) in [6.45, 7) is 2.73. The second-order valence-corrected chi connectivity index (χ2v) is 5.96. The van der Waals surface area contributed by atoms with Crippen molar-refractivity contribution in [2.45, 2.75) is 19.8 Å². The van der Waals surface area contributed by atoms with E-state index in [1.807, 2.05) is 28.2 Å². The molecule has 4 nitrogen and oxygen atoms in total. The van der Waals surface area contributed by atoms with E-state index in [1.165, 1.54) is 11.1 Å². The molecule has 0 bridgehead atoms. The number of aryl methyl sites for hydroxylation is 1. The zero-order valence-electron chi connectivity index (χ0n) is 11.9. The summed E-state index contributed by atoms with van der Waals surface area (Å²) in [5, 5.41) is 4.93. The van der Waals surface area contributed by atoms with Gasteiger partial charge in [-0.15, -0.1) is 11.3 Å². The van der Waals surface area contributed by atoms with Gasteiger partial charge in [0.05, 0.1) is 12.1 Å². The van der Waals surface area contributed by atoms with Crippen LogP contribution in [0.25, 0.3) is 4.96 Å². The van der Waals surface area contributed by atoms with E-state index in [-0.39, 0.29) is 5.91 Å². The first-order valence-corrected chi connectivity index (χ1v) is 7.82. The number of thiazole rings is 1. The van der Waals surface area contributed by atoms with Crippen molar-refractivity contribution in [1.29, 1.82) is 0 Å². The fourth-order valence-corrected chi connectivity index (χ4v) is 3.02. The third-order valence-corrected chi connectivity index (χ3v) is 4.07. The number of hydrogen-bond acceptors (Lipinski definition) is 3. The Bertz CT molecular complexity index is 731. The topological polar surface area (TPSA) is 46.4 Å². The number of carbonyl (C=O) groups is 1. The molecule has 108 valence electrons. The Morgan fingerprint density at radius 2 is 2.33 bits per heavy atom. The third-order valence-electron chi connectivity index (χ3n) is 3.30. The van der Waals surface area contributed by atoms with E-state index in [2.05, 4.69) is 35.4 Å². The summed E-state index contributed by atoms with van der Waals surface area (Å²) in [4.78, 5) is 17.3. The molecular weight excluding hydrogens is 282 g/mol. The van der Waals surface area contributed by atoms with Crippen LogP contribution in [0.4, 0.5) is 0 Å². The second kappa shape index (κ2) is 6.10. The zero-order valence-corrected chi connectivity index (χ0v) is 12.7. The molecule has 0 saturated carbocycles. The Morgan fingerprint density at radius 1 is 1.43 bits per heavy atom. The van der Waals surface area contributed by atoms with E-state index in [4.69, 9.17) is 0 Å². The second-order valence-electron chi connectivity index (χ2n) is 5.09. The van der Waals surface area contributed by atoms with Gasteiger partial charge in [-0.3, -0.25) is 9.20 Å². The Kier molecular flexibility index (Phi) is 4.01. The van der Waals surface area contributed by atoms with Crippen LogP contribution < -0.4 is 5.32 Å². The van der Waals surface area contributed by atoms with Gasteiger partial charge < -0.3 is 5.32 Å². The van der Waals surface area contributed by atoms with Crippen LogP contribution in [0.5, 0.6) is 0 Å². The number of aromatic nitrogens is 2. The molecule has 0 spiro atoms. The minimum absolute atomic E-state index is 0.0217. The molecule has 0 atom stereocenters. The number of fused-ring (bicyclic) bond motifs is 1. The Balaban J connectivity index is 1.49. The van der Waals surface area contributed by atoms with Crippen molar-refractivity contribution in [2.75, 3.05) is 6.54 Å². The van der Waals surface area contributed by atoms with E-state index < -0.39 is 0 Å². The molecule has 1 N–H and O–H groups in total. The van der Waals surface area contributed by atoms with Gasteiger partial charge in [0.25, 0.3) is 0 Å². The average Bonchev–Trinajstić information content (AvgIpc) is 2.99. The van der Waals surface area contributed by atoms with Crippen LogP contribution >= 0.6 is 11.3 Å². The maximum Gasteiger partial charge on any atom is 0.226 e. The molecule has 3 aromatic rings. The Morgan fingerprint density at radius 3 is 3.14 bits per heavy atom. The van der Waals surface area contributed by atoms with Gasteiger partial charge in [0.15, 0.2) is 4.96 Å². The smallest absolute Gasteiger partial charge is 0.226 e. The van der Waals surface area contributed by atoms with Gasteiger partial charge in [-0.2, -0.15) is 0 Å². The van der Waals surface area contributed by atoms with Crippen LogP contribution in [-0.2, 0) is 17.6 Å². The number of benzene rings is 1. The maximum atomic E-state index is 11.9. The number of nitrogens with zero attached hydrogens (tertiary/aromatic N) is 2. The molecule has 0 aliphatic heterocycles. The molecular formula is C16H17N3OS. The molecule has 0 unspecified atom stereocenters. The number of carbonyl (C=O) groups excluding carboxylic acids is 1. The number of amides is 1. The fraction of sp³-hybridized carbons (Fsp3) is 0.250. The standard InChI is InChI=1S/C16H17N3OS/c1-12-3-2-4-13(9-12)5-6-17-15(20)10-14-11-19-7-8-21-16(19)18-14/h2-4,7-9,11H,5-6,10H2,1H3,(H,17,20). The number of nitrogens with one attached hydrogen (secondary N) is 1. The number of rotatable bonds is 5. The van der Waals surface area contributed by atoms with Crippen molar-refractivity contribution in [2.24, 2.45) is 0 Å². The van der Waals surface area contributed by atoms with Crippen LogP contribution in [-0.4, -0.2) is 21.8 Å². The van der Waals surface area contributed by atoms with Gasteiger partial charge in [0.2, 0.25) is 5.91 Å². The summed E-state index contributed by atoms with van der Waals surface area (Å²) in [5.41, 5.74) is 3.31. The van der Waals surface area contributed by atoms with Crippen LogP contribution in [0, 0.1) is 6.92 Å². The maximum absolute atomic E-state index is 11.9. The Hall–Kier alpha value is -2.14. The van der Waals surface area contributed by atoms with Crippen LogP contribution in [0.1, 0.15) is 16.8 Å². The predicted octanol–water partition coefficient (Wildman–Crippen LogP) is 2.61. The van der Waals surface area contributed by atoms with E-state index in [0.29, 0.717) is 13.0 Å². The monoisotopic (exact) mass is 299 g/mol. The van der Waals surface area contributed by atoms with Gasteiger partial charge >= 0.3 is 0 Å².